The van der Waals surface area contributed by atoms with Gasteiger partial charge in [-0.1, -0.05) is 0 Å². The second kappa shape index (κ2) is 6.15. The van der Waals surface area contributed by atoms with Gasteiger partial charge in [0.1, 0.15) is 31.2 Å². The fourth-order valence-corrected chi connectivity index (χ4v) is 3.73. The molecule has 0 aromatic heterocycles. The van der Waals surface area contributed by atoms with Crippen LogP contribution in [0.1, 0.15) is 0 Å². The molecule has 0 aromatic carbocycles. The molecule has 0 N–H and O–H groups in total. The topological polar surface area (TPSA) is 72.5 Å². The molecule has 106 valence electrons. The highest BCUT2D eigenvalue weighted by atomic mass is 35.7. The third-order valence-corrected chi connectivity index (χ3v) is 4.27. The van der Waals surface area contributed by atoms with Gasteiger partial charge in [0.2, 0.25) is 0 Å². The fourth-order valence-electron chi connectivity index (χ4n) is 2.04. The van der Waals surface area contributed by atoms with Crippen molar-refractivity contribution in [1.82, 2.24) is 0 Å². The van der Waals surface area contributed by atoms with Crippen LogP contribution < -0.4 is 0 Å². The van der Waals surface area contributed by atoms with E-state index in [2.05, 4.69) is 0 Å². The van der Waals surface area contributed by atoms with Gasteiger partial charge < -0.3 is 18.9 Å². The lowest BCUT2D eigenvalue weighted by molar-refractivity contribution is -0.266. The molecule has 7 nitrogen and oxygen atoms in total. The highest BCUT2D eigenvalue weighted by Gasteiger charge is 2.51. The van der Waals surface area contributed by atoms with Crippen molar-refractivity contribution in [3.63, 3.8) is 0 Å². The maximum atomic E-state index is 11.8. The number of ether oxygens (including phenoxy) is 4. The van der Waals surface area contributed by atoms with Crippen LogP contribution in [0.15, 0.2) is 0 Å². The SMILES string of the molecule is COCC1OP(=O)(Cl)OC2C(COC)OCOC12. The van der Waals surface area contributed by atoms with Crippen LogP contribution in [-0.4, -0.2) is 58.6 Å². The minimum Gasteiger partial charge on any atom is -0.382 e. The Kier molecular flexibility index (Phi) is 5.02. The van der Waals surface area contributed by atoms with Crippen LogP contribution in [0.2, 0.25) is 0 Å². The van der Waals surface area contributed by atoms with Crippen LogP contribution in [-0.2, 0) is 32.6 Å². The summed E-state index contributed by atoms with van der Waals surface area (Å²) in [5.74, 6) is 0. The van der Waals surface area contributed by atoms with Crippen molar-refractivity contribution >= 4 is 18.2 Å². The van der Waals surface area contributed by atoms with Crippen molar-refractivity contribution in [2.75, 3.05) is 34.2 Å². The van der Waals surface area contributed by atoms with Crippen LogP contribution in [0.3, 0.4) is 0 Å². The lowest BCUT2D eigenvalue weighted by Crippen LogP contribution is -2.57. The van der Waals surface area contributed by atoms with Crippen LogP contribution in [0.5, 0.6) is 0 Å². The Hall–Kier alpha value is 0.280. The molecule has 0 spiro atoms. The number of methoxy groups -OCH3 is 2. The highest BCUT2D eigenvalue weighted by Crippen LogP contribution is 2.60. The smallest absolute Gasteiger partial charge is 0.382 e. The number of halogens is 1. The van der Waals surface area contributed by atoms with Gasteiger partial charge in [-0.05, 0) is 0 Å². The molecule has 18 heavy (non-hydrogen) atoms. The van der Waals surface area contributed by atoms with Crippen molar-refractivity contribution in [2.24, 2.45) is 0 Å². The summed E-state index contributed by atoms with van der Waals surface area (Å²) in [4.78, 5) is 0. The van der Waals surface area contributed by atoms with Gasteiger partial charge in [-0.25, -0.2) is 4.57 Å². The maximum Gasteiger partial charge on any atom is 0.425 e. The van der Waals surface area contributed by atoms with Crippen LogP contribution >= 0.6 is 18.2 Å². The van der Waals surface area contributed by atoms with Gasteiger partial charge in [-0.2, -0.15) is 0 Å². The molecule has 2 aliphatic heterocycles. The minimum atomic E-state index is -3.65. The molecule has 0 saturated carbocycles. The molecule has 0 amide bonds. The zero-order chi connectivity index (χ0) is 13.2. The number of hydrogen-bond acceptors (Lipinski definition) is 7. The molecule has 9 heteroatoms. The van der Waals surface area contributed by atoms with Crippen molar-refractivity contribution in [3.8, 4) is 0 Å². The predicted octanol–water partition coefficient (Wildman–Crippen LogP) is 1.15. The third-order valence-electron chi connectivity index (χ3n) is 2.77. The lowest BCUT2D eigenvalue weighted by Gasteiger charge is -2.44. The Morgan fingerprint density at radius 3 is 2.44 bits per heavy atom. The largest absolute Gasteiger partial charge is 0.425 e. The quantitative estimate of drug-likeness (QED) is 0.721. The molecule has 2 saturated heterocycles. The molecule has 2 heterocycles. The second-order valence-electron chi connectivity index (χ2n) is 4.01. The first-order valence-electron chi connectivity index (χ1n) is 5.45. The third kappa shape index (κ3) is 3.23. The van der Waals surface area contributed by atoms with E-state index in [9.17, 15) is 4.57 Å². The van der Waals surface area contributed by atoms with E-state index in [0.717, 1.165) is 0 Å². The number of hydrogen-bond donors (Lipinski definition) is 0. The summed E-state index contributed by atoms with van der Waals surface area (Å²) in [6.07, 6.45) is -2.00. The van der Waals surface area contributed by atoms with Gasteiger partial charge in [0.05, 0.1) is 13.2 Å². The summed E-state index contributed by atoms with van der Waals surface area (Å²) in [7, 11) is 3.05. The van der Waals surface area contributed by atoms with Gasteiger partial charge >= 0.3 is 6.95 Å². The molecule has 2 fully saturated rings. The Morgan fingerprint density at radius 2 is 1.78 bits per heavy atom. The molecule has 2 aliphatic rings. The molecular weight excluding hydrogens is 287 g/mol. The number of fused-ring (bicyclic) bond motifs is 1. The molecule has 5 atom stereocenters. The minimum absolute atomic E-state index is 0.0920. The monoisotopic (exact) mass is 302 g/mol. The summed E-state index contributed by atoms with van der Waals surface area (Å²) in [5.41, 5.74) is 0. The van der Waals surface area contributed by atoms with Gasteiger partial charge in [0.25, 0.3) is 0 Å². The van der Waals surface area contributed by atoms with Crippen molar-refractivity contribution in [2.45, 2.75) is 24.4 Å². The van der Waals surface area contributed by atoms with E-state index in [-0.39, 0.29) is 13.4 Å². The maximum absolute atomic E-state index is 11.8. The second-order valence-corrected chi connectivity index (χ2v) is 6.53. The molecule has 0 aliphatic carbocycles. The molecule has 5 unspecified atom stereocenters. The Labute approximate surface area is 110 Å². The van der Waals surface area contributed by atoms with Gasteiger partial charge in [-0.15, -0.1) is 0 Å². The summed E-state index contributed by atoms with van der Waals surface area (Å²) < 4.78 is 43.1. The van der Waals surface area contributed by atoms with E-state index in [1.807, 2.05) is 0 Å². The van der Waals surface area contributed by atoms with E-state index >= 15 is 0 Å². The summed E-state index contributed by atoms with van der Waals surface area (Å²) in [6.45, 7) is -3.05. The average Bonchev–Trinajstić information content (AvgIpc) is 2.30. The van der Waals surface area contributed by atoms with E-state index < -0.39 is 31.4 Å². The van der Waals surface area contributed by atoms with Crippen LogP contribution in [0.4, 0.5) is 0 Å². The Balaban J connectivity index is 2.15. The summed E-state index contributed by atoms with van der Waals surface area (Å²) in [6, 6.07) is 0. The molecular formula is C9H16ClO7P. The van der Waals surface area contributed by atoms with E-state index in [4.69, 9.17) is 39.2 Å². The summed E-state index contributed by atoms with van der Waals surface area (Å²) in [5, 5.41) is 0. The van der Waals surface area contributed by atoms with Gasteiger partial charge in [-0.3, -0.25) is 9.05 Å². The van der Waals surface area contributed by atoms with Gasteiger partial charge in [0.15, 0.2) is 0 Å². The Morgan fingerprint density at radius 1 is 1.11 bits per heavy atom. The normalized spacial score (nSPS) is 44.6. The van der Waals surface area contributed by atoms with Gasteiger partial charge in [0, 0.05) is 25.5 Å². The highest BCUT2D eigenvalue weighted by molar-refractivity contribution is 7.81. The van der Waals surface area contributed by atoms with Crippen molar-refractivity contribution < 1.29 is 32.6 Å². The van der Waals surface area contributed by atoms with E-state index in [0.29, 0.717) is 6.61 Å². The predicted molar refractivity (Wildman–Crippen MR) is 61.6 cm³/mol. The van der Waals surface area contributed by atoms with Crippen molar-refractivity contribution in [1.29, 1.82) is 0 Å². The Bertz CT molecular complexity index is 326. The molecule has 0 bridgehead atoms. The molecule has 0 radical (unpaired) electrons. The first kappa shape index (κ1) is 14.7. The summed E-state index contributed by atoms with van der Waals surface area (Å²) >= 11 is 5.69. The first-order valence-corrected chi connectivity index (χ1v) is 7.89. The molecule has 2 rings (SSSR count). The number of rotatable bonds is 4. The molecule has 0 aromatic rings. The fraction of sp³-hybridized carbons (Fsp3) is 1.00. The first-order chi connectivity index (χ1) is 8.57. The van der Waals surface area contributed by atoms with E-state index in [1.54, 1.807) is 7.11 Å². The zero-order valence-corrected chi connectivity index (χ0v) is 11.8. The lowest BCUT2D eigenvalue weighted by atomic mass is 10.0. The van der Waals surface area contributed by atoms with Crippen molar-refractivity contribution in [3.05, 3.63) is 0 Å². The van der Waals surface area contributed by atoms with Crippen LogP contribution in [0.25, 0.3) is 0 Å². The zero-order valence-electron chi connectivity index (χ0n) is 10.1. The average molecular weight is 303 g/mol. The van der Waals surface area contributed by atoms with E-state index in [1.165, 1.54) is 7.11 Å². The van der Waals surface area contributed by atoms with Crippen LogP contribution in [0, 0.1) is 0 Å². The standard InChI is InChI=1S/C9H16ClO7P/c1-12-3-6-9-8(15-5-14-6)7(4-13-2)16-18(10,11)17-9/h6-9H,3-5H2,1-2H3.